The van der Waals surface area contributed by atoms with Crippen LogP contribution in [0, 0.1) is 35.0 Å². The molecule has 0 aliphatic heterocycles. The van der Waals surface area contributed by atoms with E-state index in [1.54, 1.807) is 0 Å². The fraction of sp³-hybridized carbons (Fsp3) is 0.920. The molecule has 2 aliphatic carbocycles. The molecule has 0 spiro atoms. The lowest BCUT2D eigenvalue weighted by Crippen LogP contribution is -2.40. The van der Waals surface area contributed by atoms with Crippen LogP contribution in [0.1, 0.15) is 105 Å². The number of carbonyl (C=O) groups is 2. The molecule has 0 heterocycles. The van der Waals surface area contributed by atoms with Gasteiger partial charge < -0.3 is 9.84 Å². The van der Waals surface area contributed by atoms with Gasteiger partial charge in [-0.3, -0.25) is 9.59 Å². The van der Waals surface area contributed by atoms with Crippen LogP contribution in [-0.4, -0.2) is 23.1 Å². The molecule has 29 heavy (non-hydrogen) atoms. The van der Waals surface area contributed by atoms with E-state index in [9.17, 15) is 14.7 Å². The van der Waals surface area contributed by atoms with Gasteiger partial charge in [0.05, 0.1) is 11.8 Å². The fourth-order valence-corrected chi connectivity index (χ4v) is 5.42. The summed E-state index contributed by atoms with van der Waals surface area (Å²) in [5.74, 6) is -0.563. The second kappa shape index (κ2) is 10.8. The maximum absolute atomic E-state index is 13.1. The highest BCUT2D eigenvalue weighted by Crippen LogP contribution is 2.40. The van der Waals surface area contributed by atoms with E-state index in [0.29, 0.717) is 24.7 Å². The van der Waals surface area contributed by atoms with E-state index in [-0.39, 0.29) is 17.5 Å². The highest BCUT2D eigenvalue weighted by Gasteiger charge is 2.41. The molecule has 0 aromatic heterocycles. The first-order valence-corrected chi connectivity index (χ1v) is 12.0. The summed E-state index contributed by atoms with van der Waals surface area (Å²) >= 11 is 0. The number of hydrogen-bond donors (Lipinski definition) is 1. The Morgan fingerprint density at radius 2 is 1.69 bits per heavy atom. The molecule has 0 saturated heterocycles. The fourth-order valence-electron chi connectivity index (χ4n) is 5.42. The van der Waals surface area contributed by atoms with Crippen LogP contribution in [0.2, 0.25) is 0 Å². The Kier molecular flexibility index (Phi) is 9.03. The number of aliphatic carboxylic acids is 1. The van der Waals surface area contributed by atoms with Crippen molar-refractivity contribution < 1.29 is 19.4 Å². The molecule has 0 amide bonds. The first-order valence-electron chi connectivity index (χ1n) is 12.0. The average molecular weight is 409 g/mol. The van der Waals surface area contributed by atoms with Crippen LogP contribution >= 0.6 is 0 Å². The highest BCUT2D eigenvalue weighted by molar-refractivity contribution is 5.81. The Hall–Kier alpha value is -1.06. The number of ether oxygens (including phenoxy) is 1. The van der Waals surface area contributed by atoms with Gasteiger partial charge in [0.1, 0.15) is 6.10 Å². The van der Waals surface area contributed by atoms with Crippen LogP contribution < -0.4 is 0 Å². The minimum Gasteiger partial charge on any atom is -0.481 e. The van der Waals surface area contributed by atoms with Crippen LogP contribution in [0.4, 0.5) is 0 Å². The zero-order valence-corrected chi connectivity index (χ0v) is 19.4. The van der Waals surface area contributed by atoms with Gasteiger partial charge in [0.25, 0.3) is 0 Å². The van der Waals surface area contributed by atoms with Crippen molar-refractivity contribution in [1.82, 2.24) is 0 Å². The van der Waals surface area contributed by atoms with E-state index in [0.717, 1.165) is 31.6 Å². The lowest BCUT2D eigenvalue weighted by Gasteiger charge is -2.38. The Morgan fingerprint density at radius 1 is 1.03 bits per heavy atom. The molecule has 2 rings (SSSR count). The third kappa shape index (κ3) is 7.61. The Bertz CT molecular complexity index is 527. The van der Waals surface area contributed by atoms with Crippen molar-refractivity contribution >= 4 is 11.9 Å². The predicted octanol–water partition coefficient (Wildman–Crippen LogP) is 6.47. The van der Waals surface area contributed by atoms with Gasteiger partial charge in [-0.1, -0.05) is 66.7 Å². The highest BCUT2D eigenvalue weighted by atomic mass is 16.5. The summed E-state index contributed by atoms with van der Waals surface area (Å²) in [6.07, 6.45) is 11.5. The molecule has 4 nitrogen and oxygen atoms in total. The van der Waals surface area contributed by atoms with Crippen molar-refractivity contribution in [2.45, 2.75) is 111 Å². The van der Waals surface area contributed by atoms with Gasteiger partial charge in [0.2, 0.25) is 0 Å². The molecule has 4 atom stereocenters. The summed E-state index contributed by atoms with van der Waals surface area (Å²) in [5, 5.41) is 9.64. The molecule has 1 N–H and O–H groups in total. The molecule has 2 saturated carbocycles. The van der Waals surface area contributed by atoms with Gasteiger partial charge in [0.15, 0.2) is 0 Å². The molecule has 2 fully saturated rings. The average Bonchev–Trinajstić information content (AvgIpc) is 2.65. The van der Waals surface area contributed by atoms with Crippen LogP contribution in [0.25, 0.3) is 0 Å². The van der Waals surface area contributed by atoms with Gasteiger partial charge in [-0.05, 0) is 61.7 Å². The number of carboxylic acids is 1. The first-order chi connectivity index (χ1) is 13.6. The Balaban J connectivity index is 2.02. The predicted molar refractivity (Wildman–Crippen MR) is 117 cm³/mol. The topological polar surface area (TPSA) is 63.6 Å². The zero-order valence-electron chi connectivity index (χ0n) is 19.4. The number of unbranched alkanes of at least 4 members (excludes halogenated alkanes) is 1. The Morgan fingerprint density at radius 3 is 2.24 bits per heavy atom. The standard InChI is InChI=1S/C25H44O4/c1-6-7-8-18-10-12-19(13-11-18)22(16-25(3,4)5)29-24(28)20-14-9-17(2)15-21(20)23(26)27/h17-22H,6-16H2,1-5H3,(H,26,27). The van der Waals surface area contributed by atoms with Crippen LogP contribution in [0.15, 0.2) is 0 Å². The molecule has 0 aromatic rings. The molecule has 0 bridgehead atoms. The van der Waals surface area contributed by atoms with Gasteiger partial charge in [-0.2, -0.15) is 0 Å². The smallest absolute Gasteiger partial charge is 0.310 e. The third-order valence-electron chi connectivity index (χ3n) is 7.20. The SMILES string of the molecule is CCCCC1CCC(C(CC(C)(C)C)OC(=O)C2CCC(C)CC2C(=O)O)CC1. The van der Waals surface area contributed by atoms with E-state index >= 15 is 0 Å². The minimum absolute atomic E-state index is 0.0802. The molecular formula is C25H44O4. The van der Waals surface area contributed by atoms with Gasteiger partial charge in [-0.15, -0.1) is 0 Å². The maximum atomic E-state index is 13.1. The summed E-state index contributed by atoms with van der Waals surface area (Å²) in [6.45, 7) is 10.9. The number of carboxylic acid groups (broad SMARTS) is 1. The lowest BCUT2D eigenvalue weighted by molar-refractivity contribution is -0.168. The number of carbonyl (C=O) groups excluding carboxylic acids is 1. The molecule has 168 valence electrons. The number of esters is 1. The lowest BCUT2D eigenvalue weighted by atomic mass is 9.73. The molecular weight excluding hydrogens is 364 g/mol. The molecule has 0 radical (unpaired) electrons. The summed E-state index contributed by atoms with van der Waals surface area (Å²) in [5.41, 5.74) is 0.0806. The minimum atomic E-state index is -0.845. The van der Waals surface area contributed by atoms with Crippen molar-refractivity contribution in [2.75, 3.05) is 0 Å². The van der Waals surface area contributed by atoms with E-state index in [2.05, 4.69) is 34.6 Å². The van der Waals surface area contributed by atoms with Crippen molar-refractivity contribution in [3.05, 3.63) is 0 Å². The summed E-state index contributed by atoms with van der Waals surface area (Å²) < 4.78 is 6.14. The van der Waals surface area contributed by atoms with Gasteiger partial charge in [-0.25, -0.2) is 0 Å². The zero-order chi connectivity index (χ0) is 21.6. The van der Waals surface area contributed by atoms with Crippen molar-refractivity contribution in [3.63, 3.8) is 0 Å². The van der Waals surface area contributed by atoms with E-state index in [4.69, 9.17) is 4.74 Å². The number of hydrogen-bond acceptors (Lipinski definition) is 3. The second-order valence-electron chi connectivity index (χ2n) is 11.1. The summed E-state index contributed by atoms with van der Waals surface area (Å²) in [6, 6.07) is 0. The van der Waals surface area contributed by atoms with Crippen LogP contribution in [0.3, 0.4) is 0 Å². The monoisotopic (exact) mass is 408 g/mol. The molecule has 4 unspecified atom stereocenters. The third-order valence-corrected chi connectivity index (χ3v) is 7.20. The molecule has 0 aromatic carbocycles. The molecule has 4 heteroatoms. The van der Waals surface area contributed by atoms with Gasteiger partial charge >= 0.3 is 11.9 Å². The quantitative estimate of drug-likeness (QED) is 0.468. The van der Waals surface area contributed by atoms with Crippen molar-refractivity contribution in [2.24, 2.45) is 35.0 Å². The second-order valence-corrected chi connectivity index (χ2v) is 11.1. The normalized spacial score (nSPS) is 31.8. The first kappa shape index (κ1) is 24.2. The van der Waals surface area contributed by atoms with Crippen molar-refractivity contribution in [3.8, 4) is 0 Å². The van der Waals surface area contributed by atoms with E-state index < -0.39 is 17.8 Å². The summed E-state index contributed by atoms with van der Waals surface area (Å²) in [4.78, 5) is 24.8. The van der Waals surface area contributed by atoms with E-state index in [1.165, 1.54) is 32.1 Å². The largest absolute Gasteiger partial charge is 0.481 e. The molecule has 2 aliphatic rings. The summed E-state index contributed by atoms with van der Waals surface area (Å²) in [7, 11) is 0. The van der Waals surface area contributed by atoms with Crippen LogP contribution in [0.5, 0.6) is 0 Å². The van der Waals surface area contributed by atoms with Crippen LogP contribution in [-0.2, 0) is 14.3 Å². The van der Waals surface area contributed by atoms with Gasteiger partial charge in [0, 0.05) is 0 Å². The number of rotatable bonds is 8. The maximum Gasteiger partial charge on any atom is 0.310 e. The van der Waals surface area contributed by atoms with E-state index in [1.807, 2.05) is 0 Å². The van der Waals surface area contributed by atoms with Crippen molar-refractivity contribution in [1.29, 1.82) is 0 Å². The Labute approximate surface area is 178 Å².